The Balaban J connectivity index is 1.62. The van der Waals surface area contributed by atoms with Crippen molar-refractivity contribution in [2.24, 2.45) is 7.05 Å². The molecule has 0 bridgehead atoms. The van der Waals surface area contributed by atoms with Crippen LogP contribution in [0.15, 0.2) is 23.1 Å². The van der Waals surface area contributed by atoms with Gasteiger partial charge in [0, 0.05) is 59.2 Å². The van der Waals surface area contributed by atoms with Gasteiger partial charge in [0.1, 0.15) is 5.82 Å². The summed E-state index contributed by atoms with van der Waals surface area (Å²) < 4.78 is 33.7. The van der Waals surface area contributed by atoms with Crippen LogP contribution in [0.25, 0.3) is 11.0 Å². The van der Waals surface area contributed by atoms with Crippen LogP contribution < -0.4 is 5.32 Å². The predicted octanol–water partition coefficient (Wildman–Crippen LogP) is 1.76. The van der Waals surface area contributed by atoms with Crippen molar-refractivity contribution in [3.8, 4) is 0 Å². The van der Waals surface area contributed by atoms with Gasteiger partial charge in [0.25, 0.3) is 0 Å². The van der Waals surface area contributed by atoms with E-state index in [0.717, 1.165) is 24.4 Å². The van der Waals surface area contributed by atoms with Crippen LogP contribution in [0.4, 0.5) is 0 Å². The van der Waals surface area contributed by atoms with Gasteiger partial charge in [-0.3, -0.25) is 9.69 Å². The Hall–Kier alpha value is -2.01. The smallest absolute Gasteiger partial charge is 0.242 e. The lowest BCUT2D eigenvalue weighted by molar-refractivity contribution is -0.122. The maximum absolute atomic E-state index is 12.6. The van der Waals surface area contributed by atoms with Gasteiger partial charge in [0.2, 0.25) is 15.9 Å². The number of hydrogen-bond acceptors (Lipinski definition) is 6. The second-order valence-corrected chi connectivity index (χ2v) is 11.9. The van der Waals surface area contributed by atoms with Crippen LogP contribution in [-0.4, -0.2) is 84.6 Å². The highest BCUT2D eigenvalue weighted by molar-refractivity contribution is 7.89. The molecule has 1 saturated heterocycles. The van der Waals surface area contributed by atoms with Gasteiger partial charge in [0.05, 0.1) is 28.1 Å². The molecule has 3 rings (SSSR count). The van der Waals surface area contributed by atoms with Crippen LogP contribution in [0.3, 0.4) is 0 Å². The monoisotopic (exact) mass is 479 g/mol. The number of aryl methyl sites for hydroxylation is 2. The van der Waals surface area contributed by atoms with Crippen molar-refractivity contribution in [3.05, 3.63) is 24.0 Å². The van der Waals surface area contributed by atoms with Gasteiger partial charge in [-0.25, -0.2) is 17.7 Å². The molecule has 1 aromatic carbocycles. The third kappa shape index (κ3) is 5.74. The summed E-state index contributed by atoms with van der Waals surface area (Å²) in [6.45, 7) is 10.7. The van der Waals surface area contributed by atoms with Gasteiger partial charge < -0.3 is 14.6 Å². The molecule has 2 unspecified atom stereocenters. The van der Waals surface area contributed by atoms with Crippen molar-refractivity contribution in [3.63, 3.8) is 0 Å². The maximum Gasteiger partial charge on any atom is 0.242 e. The van der Waals surface area contributed by atoms with Crippen molar-refractivity contribution in [2.75, 3.05) is 33.7 Å². The first-order valence-electron chi connectivity index (χ1n) is 11.4. The minimum absolute atomic E-state index is 0.0274. The summed E-state index contributed by atoms with van der Waals surface area (Å²) in [6.07, 6.45) is 1.13. The summed E-state index contributed by atoms with van der Waals surface area (Å²) in [5.41, 5.74) is 1.26. The van der Waals surface area contributed by atoms with E-state index < -0.39 is 10.0 Å². The number of nitrogens with zero attached hydrogens (tertiary/aromatic N) is 4. The molecule has 0 radical (unpaired) electrons. The summed E-state index contributed by atoms with van der Waals surface area (Å²) in [6, 6.07) is 4.93. The van der Waals surface area contributed by atoms with Gasteiger partial charge in [-0.1, -0.05) is 0 Å². The first-order valence-corrected chi connectivity index (χ1v) is 12.8. The summed E-state index contributed by atoms with van der Waals surface area (Å²) in [4.78, 5) is 19.8. The fraction of sp³-hybridized carbons (Fsp3) is 0.652. The largest absolute Gasteiger partial charge is 0.373 e. The van der Waals surface area contributed by atoms with Crippen LogP contribution in [0, 0.1) is 0 Å². The van der Waals surface area contributed by atoms with Gasteiger partial charge in [-0.05, 0) is 45.9 Å². The number of ether oxygens (including phenoxy) is 1. The molecule has 1 aliphatic rings. The average molecular weight is 480 g/mol. The van der Waals surface area contributed by atoms with Crippen LogP contribution in [0.2, 0.25) is 0 Å². The molecule has 1 aliphatic heterocycles. The molecule has 2 atom stereocenters. The van der Waals surface area contributed by atoms with Crippen molar-refractivity contribution < 1.29 is 17.9 Å². The molecule has 1 aromatic heterocycles. The lowest BCUT2D eigenvalue weighted by Gasteiger charge is -2.45. The van der Waals surface area contributed by atoms with E-state index in [4.69, 9.17) is 4.74 Å². The Bertz CT molecular complexity index is 1100. The molecular weight excluding hydrogens is 442 g/mol. The Morgan fingerprint density at radius 3 is 2.48 bits per heavy atom. The van der Waals surface area contributed by atoms with Crippen LogP contribution >= 0.6 is 0 Å². The Kier molecular flexibility index (Phi) is 7.52. The molecular formula is C23H37N5O4S. The normalized spacial score (nSPS) is 20.5. The van der Waals surface area contributed by atoms with Crippen LogP contribution in [0.5, 0.6) is 0 Å². The molecule has 10 heteroatoms. The molecule has 0 aliphatic carbocycles. The highest BCUT2D eigenvalue weighted by Gasteiger charge is 2.33. The molecule has 0 spiro atoms. The third-order valence-electron chi connectivity index (χ3n) is 6.29. The van der Waals surface area contributed by atoms with Gasteiger partial charge >= 0.3 is 0 Å². The number of fused-ring (bicyclic) bond motifs is 1. The minimum Gasteiger partial charge on any atom is -0.373 e. The molecule has 184 valence electrons. The van der Waals surface area contributed by atoms with Gasteiger partial charge in [-0.15, -0.1) is 0 Å². The summed E-state index contributed by atoms with van der Waals surface area (Å²) in [5, 5.41) is 3.07. The molecule has 1 N–H and O–H groups in total. The van der Waals surface area contributed by atoms with E-state index in [2.05, 4.69) is 42.9 Å². The van der Waals surface area contributed by atoms with Crippen LogP contribution in [-0.2, 0) is 33.0 Å². The number of carbonyl (C=O) groups excluding carboxylic acids is 1. The maximum atomic E-state index is 12.6. The summed E-state index contributed by atoms with van der Waals surface area (Å²) >= 11 is 0. The fourth-order valence-electron chi connectivity index (χ4n) is 4.24. The van der Waals surface area contributed by atoms with E-state index in [1.807, 2.05) is 11.6 Å². The fourth-order valence-corrected chi connectivity index (χ4v) is 5.16. The molecule has 2 heterocycles. The summed E-state index contributed by atoms with van der Waals surface area (Å²) in [5.74, 6) is 0.718. The quantitative estimate of drug-likeness (QED) is 0.620. The lowest BCUT2D eigenvalue weighted by atomic mass is 10.00. The van der Waals surface area contributed by atoms with Crippen molar-refractivity contribution in [1.29, 1.82) is 0 Å². The minimum atomic E-state index is -3.53. The topological polar surface area (TPSA) is 96.8 Å². The Morgan fingerprint density at radius 2 is 1.88 bits per heavy atom. The van der Waals surface area contributed by atoms with E-state index in [-0.39, 0.29) is 28.5 Å². The number of sulfonamides is 1. The van der Waals surface area contributed by atoms with Gasteiger partial charge in [-0.2, -0.15) is 0 Å². The number of hydrogen-bond donors (Lipinski definition) is 1. The van der Waals surface area contributed by atoms with Gasteiger partial charge in [0.15, 0.2) is 0 Å². The average Bonchev–Trinajstić information content (AvgIpc) is 3.05. The number of carbonyl (C=O) groups is 1. The first-order chi connectivity index (χ1) is 15.3. The molecule has 2 aromatic rings. The van der Waals surface area contributed by atoms with E-state index in [1.165, 1.54) is 18.4 Å². The lowest BCUT2D eigenvalue weighted by Crippen LogP contribution is -2.58. The van der Waals surface area contributed by atoms with E-state index in [1.54, 1.807) is 18.2 Å². The van der Waals surface area contributed by atoms with Crippen molar-refractivity contribution in [1.82, 2.24) is 24.1 Å². The standard InChI is InChI=1S/C23H37N5O4S/c1-16-13-28(14-17(2)32-16)23(3,4)15-24-22(29)11-10-21-25-19-12-18(33(30,31)26(5)6)8-9-20(19)27(21)7/h8-9,12,16-17H,10-11,13-15H2,1-7H3,(H,24,29). The first kappa shape index (κ1) is 25.6. The third-order valence-corrected chi connectivity index (χ3v) is 8.10. The summed E-state index contributed by atoms with van der Waals surface area (Å²) in [7, 11) is 1.36. The van der Waals surface area contributed by atoms with Crippen LogP contribution in [0.1, 0.15) is 39.9 Å². The number of rotatable bonds is 8. The van der Waals surface area contributed by atoms with E-state index >= 15 is 0 Å². The number of benzene rings is 1. The number of amides is 1. The second-order valence-electron chi connectivity index (χ2n) is 9.78. The Labute approximate surface area is 197 Å². The van der Waals surface area contributed by atoms with E-state index in [0.29, 0.717) is 24.9 Å². The molecule has 1 fully saturated rings. The van der Waals surface area contributed by atoms with Crippen molar-refractivity contribution in [2.45, 2.75) is 63.2 Å². The number of nitrogens with one attached hydrogen (secondary N) is 1. The van der Waals surface area contributed by atoms with Crippen molar-refractivity contribution >= 4 is 27.0 Å². The predicted molar refractivity (Wildman–Crippen MR) is 129 cm³/mol. The number of aromatic nitrogens is 2. The molecule has 0 saturated carbocycles. The molecule has 1 amide bonds. The number of imidazole rings is 1. The highest BCUT2D eigenvalue weighted by atomic mass is 32.2. The zero-order valence-corrected chi connectivity index (χ0v) is 21.6. The Morgan fingerprint density at radius 1 is 1.24 bits per heavy atom. The zero-order valence-electron chi connectivity index (χ0n) is 20.8. The molecule has 33 heavy (non-hydrogen) atoms. The zero-order chi connectivity index (χ0) is 24.6. The SMILES string of the molecule is CC1CN(C(C)(C)CNC(=O)CCc2nc3cc(S(=O)(=O)N(C)C)ccc3n2C)CC(C)O1. The molecule has 9 nitrogen and oxygen atoms in total. The second kappa shape index (κ2) is 9.69. The van der Waals surface area contributed by atoms with E-state index in [9.17, 15) is 13.2 Å². The highest BCUT2D eigenvalue weighted by Crippen LogP contribution is 2.23. The number of morpholine rings is 1.